The highest BCUT2D eigenvalue weighted by molar-refractivity contribution is 7.89. The zero-order valence-electron chi connectivity index (χ0n) is 17.1. The van der Waals surface area contributed by atoms with Gasteiger partial charge in [-0.05, 0) is 56.2 Å². The number of carbonyl (C=O) groups excluding carboxylic acids is 1. The summed E-state index contributed by atoms with van der Waals surface area (Å²) in [7, 11) is -3.60. The van der Waals surface area contributed by atoms with Gasteiger partial charge in [0.25, 0.3) is 0 Å². The smallest absolute Gasteiger partial charge is 0.240 e. The van der Waals surface area contributed by atoms with Crippen LogP contribution in [0.3, 0.4) is 0 Å². The summed E-state index contributed by atoms with van der Waals surface area (Å²) >= 11 is 0. The number of sulfonamides is 1. The average molecular weight is 433 g/mol. The molecule has 0 aromatic heterocycles. The lowest BCUT2D eigenvalue weighted by Crippen LogP contribution is -2.46. The Morgan fingerprint density at radius 3 is 2.27 bits per heavy atom. The molecule has 0 radical (unpaired) electrons. The molecule has 0 aliphatic carbocycles. The fraction of sp³-hybridized carbons (Fsp3) is 0.409. The Labute approximate surface area is 178 Å². The van der Waals surface area contributed by atoms with Gasteiger partial charge in [0.05, 0.1) is 24.5 Å². The van der Waals surface area contributed by atoms with Gasteiger partial charge in [0.1, 0.15) is 11.5 Å². The van der Waals surface area contributed by atoms with Crippen molar-refractivity contribution in [1.29, 1.82) is 0 Å². The summed E-state index contributed by atoms with van der Waals surface area (Å²) in [5.74, 6) is 1.41. The van der Waals surface area contributed by atoms with Crippen LogP contribution in [0.25, 0.3) is 0 Å². The van der Waals surface area contributed by atoms with Crippen LogP contribution in [0.2, 0.25) is 0 Å². The van der Waals surface area contributed by atoms with E-state index in [-0.39, 0.29) is 16.8 Å². The van der Waals surface area contributed by atoms with Crippen molar-refractivity contribution in [2.45, 2.75) is 37.1 Å². The van der Waals surface area contributed by atoms with Gasteiger partial charge in [-0.15, -0.1) is 0 Å². The molecule has 2 aromatic rings. The molecule has 8 heteroatoms. The maximum absolute atomic E-state index is 12.6. The summed E-state index contributed by atoms with van der Waals surface area (Å²) in [6.45, 7) is 3.79. The van der Waals surface area contributed by atoms with Gasteiger partial charge in [-0.1, -0.05) is 18.2 Å². The molecule has 0 unspecified atom stereocenters. The Morgan fingerprint density at radius 1 is 1.00 bits per heavy atom. The number of nitrogens with zero attached hydrogens (tertiary/aromatic N) is 1. The third-order valence-electron chi connectivity index (χ3n) is 4.94. The van der Waals surface area contributed by atoms with Gasteiger partial charge in [-0.3, -0.25) is 4.79 Å². The molecule has 1 aliphatic heterocycles. The number of ether oxygens (including phenoxy) is 2. The molecule has 1 fully saturated rings. The summed E-state index contributed by atoms with van der Waals surface area (Å²) in [5, 5.41) is 0. The van der Waals surface area contributed by atoms with Gasteiger partial charge < -0.3 is 14.4 Å². The molecular weight excluding hydrogens is 404 g/mol. The first-order valence-electron chi connectivity index (χ1n) is 10.2. The van der Waals surface area contributed by atoms with E-state index in [9.17, 15) is 13.2 Å². The number of benzene rings is 2. The topological polar surface area (TPSA) is 84.9 Å². The van der Waals surface area contributed by atoms with E-state index in [1.807, 2.05) is 37.3 Å². The van der Waals surface area contributed by atoms with Crippen molar-refractivity contribution in [2.24, 2.45) is 0 Å². The monoisotopic (exact) mass is 432 g/mol. The predicted molar refractivity (Wildman–Crippen MR) is 114 cm³/mol. The number of nitrogens with one attached hydrogen (secondary N) is 1. The lowest BCUT2D eigenvalue weighted by molar-refractivity contribution is -0.132. The third kappa shape index (κ3) is 6.21. The molecule has 1 aliphatic rings. The van der Waals surface area contributed by atoms with Crippen LogP contribution in [0.5, 0.6) is 11.5 Å². The Balaban J connectivity index is 1.43. The fourth-order valence-corrected chi connectivity index (χ4v) is 4.65. The van der Waals surface area contributed by atoms with Crippen LogP contribution in [0.1, 0.15) is 26.2 Å². The van der Waals surface area contributed by atoms with Gasteiger partial charge in [0.15, 0.2) is 0 Å². The van der Waals surface area contributed by atoms with Crippen molar-refractivity contribution in [2.75, 3.05) is 26.3 Å². The van der Waals surface area contributed by atoms with Crippen LogP contribution in [0.15, 0.2) is 59.5 Å². The summed E-state index contributed by atoms with van der Waals surface area (Å²) < 4.78 is 38.9. The van der Waals surface area contributed by atoms with Crippen LogP contribution < -0.4 is 14.2 Å². The summed E-state index contributed by atoms with van der Waals surface area (Å²) in [6.07, 6.45) is 1.47. The van der Waals surface area contributed by atoms with Gasteiger partial charge >= 0.3 is 0 Å². The minimum Gasteiger partial charge on any atom is -0.494 e. The van der Waals surface area contributed by atoms with Gasteiger partial charge in [0, 0.05) is 19.1 Å². The molecule has 1 heterocycles. The van der Waals surface area contributed by atoms with Crippen LogP contribution in [0, 0.1) is 0 Å². The Morgan fingerprint density at radius 2 is 1.63 bits per heavy atom. The second kappa shape index (κ2) is 10.4. The molecule has 0 saturated carbocycles. The SMILES string of the molecule is CCOc1ccc(S(=O)(=O)NC2CCN(C(=O)CCOc3ccccc3)CC2)cc1. The van der Waals surface area contributed by atoms with Gasteiger partial charge in [-0.2, -0.15) is 0 Å². The molecular formula is C22H28N2O5S. The van der Waals surface area contributed by atoms with Crippen LogP contribution in [-0.2, 0) is 14.8 Å². The van der Waals surface area contributed by atoms with E-state index in [1.54, 1.807) is 29.2 Å². The molecule has 0 atom stereocenters. The first-order valence-corrected chi connectivity index (χ1v) is 11.7. The van der Waals surface area contributed by atoms with E-state index < -0.39 is 10.0 Å². The number of rotatable bonds is 9. The standard InChI is InChI=1S/C22H28N2O5S/c1-2-28-20-8-10-21(11-9-20)30(26,27)23-18-12-15-24(16-13-18)22(25)14-17-29-19-6-4-3-5-7-19/h3-11,18,23H,2,12-17H2,1H3. The molecule has 1 N–H and O–H groups in total. The number of likely N-dealkylation sites (tertiary alicyclic amines) is 1. The molecule has 2 aromatic carbocycles. The number of carbonyl (C=O) groups is 1. The molecule has 3 rings (SSSR count). The van der Waals surface area contributed by atoms with Crippen LogP contribution in [-0.4, -0.2) is 51.6 Å². The fourth-order valence-electron chi connectivity index (χ4n) is 3.35. The molecule has 0 bridgehead atoms. The second-order valence-corrected chi connectivity index (χ2v) is 8.81. The Hall–Kier alpha value is -2.58. The zero-order valence-corrected chi connectivity index (χ0v) is 17.9. The highest BCUT2D eigenvalue weighted by atomic mass is 32.2. The van der Waals surface area contributed by atoms with Crippen molar-refractivity contribution < 1.29 is 22.7 Å². The molecule has 30 heavy (non-hydrogen) atoms. The van der Waals surface area contributed by atoms with Crippen molar-refractivity contribution in [3.05, 3.63) is 54.6 Å². The zero-order chi connectivity index (χ0) is 21.4. The van der Waals surface area contributed by atoms with E-state index >= 15 is 0 Å². The van der Waals surface area contributed by atoms with E-state index in [0.29, 0.717) is 51.3 Å². The molecule has 7 nitrogen and oxygen atoms in total. The van der Waals surface area contributed by atoms with E-state index in [4.69, 9.17) is 9.47 Å². The lowest BCUT2D eigenvalue weighted by Gasteiger charge is -2.32. The van der Waals surface area contributed by atoms with Crippen LogP contribution >= 0.6 is 0 Å². The lowest BCUT2D eigenvalue weighted by atomic mass is 10.1. The molecule has 0 spiro atoms. The quantitative estimate of drug-likeness (QED) is 0.659. The number of piperidine rings is 1. The Bertz CT molecular complexity index is 908. The number of para-hydroxylation sites is 1. The molecule has 1 saturated heterocycles. The van der Waals surface area contributed by atoms with Crippen molar-refractivity contribution in [1.82, 2.24) is 9.62 Å². The van der Waals surface area contributed by atoms with Gasteiger partial charge in [-0.25, -0.2) is 13.1 Å². The van der Waals surface area contributed by atoms with Gasteiger partial charge in [0.2, 0.25) is 15.9 Å². The highest BCUT2D eigenvalue weighted by Crippen LogP contribution is 2.19. The van der Waals surface area contributed by atoms with Crippen molar-refractivity contribution in [3.63, 3.8) is 0 Å². The maximum Gasteiger partial charge on any atom is 0.240 e. The van der Waals surface area contributed by atoms with E-state index in [2.05, 4.69) is 4.72 Å². The van der Waals surface area contributed by atoms with E-state index in [1.165, 1.54) is 0 Å². The summed E-state index contributed by atoms with van der Waals surface area (Å²) in [6, 6.07) is 15.6. The summed E-state index contributed by atoms with van der Waals surface area (Å²) in [5.41, 5.74) is 0. The minimum absolute atomic E-state index is 0.0266. The number of hydrogen-bond acceptors (Lipinski definition) is 5. The summed E-state index contributed by atoms with van der Waals surface area (Å²) in [4.78, 5) is 14.4. The normalized spacial score (nSPS) is 15.0. The molecule has 1 amide bonds. The third-order valence-corrected chi connectivity index (χ3v) is 6.48. The molecule has 162 valence electrons. The number of hydrogen-bond donors (Lipinski definition) is 1. The average Bonchev–Trinajstić information content (AvgIpc) is 2.75. The maximum atomic E-state index is 12.6. The highest BCUT2D eigenvalue weighted by Gasteiger charge is 2.26. The predicted octanol–water partition coefficient (Wildman–Crippen LogP) is 2.82. The number of amides is 1. The second-order valence-electron chi connectivity index (χ2n) is 7.09. The van der Waals surface area contributed by atoms with Crippen molar-refractivity contribution >= 4 is 15.9 Å². The van der Waals surface area contributed by atoms with Crippen molar-refractivity contribution in [3.8, 4) is 11.5 Å². The minimum atomic E-state index is -3.60. The van der Waals surface area contributed by atoms with Crippen LogP contribution in [0.4, 0.5) is 0 Å². The van der Waals surface area contributed by atoms with E-state index in [0.717, 1.165) is 5.75 Å². The first kappa shape index (κ1) is 22.1. The Kier molecular flexibility index (Phi) is 7.70. The first-order chi connectivity index (χ1) is 14.5. The largest absolute Gasteiger partial charge is 0.494 e.